The average Bonchev–Trinajstić information content (AvgIpc) is 3.54. The summed E-state index contributed by atoms with van der Waals surface area (Å²) in [5.74, 6) is -0.598. The highest BCUT2D eigenvalue weighted by molar-refractivity contribution is 5.93. The van der Waals surface area contributed by atoms with E-state index in [2.05, 4.69) is 35.8 Å². The van der Waals surface area contributed by atoms with Crippen molar-refractivity contribution < 1.29 is 19.1 Å². The Balaban J connectivity index is 0.000000194. The summed E-state index contributed by atoms with van der Waals surface area (Å²) in [6, 6.07) is 33.5. The molecule has 0 aliphatic heterocycles. The fourth-order valence-corrected chi connectivity index (χ4v) is 4.68. The number of benzene rings is 3. The first kappa shape index (κ1) is 28.2. The van der Waals surface area contributed by atoms with Crippen LogP contribution in [0.4, 0.5) is 0 Å². The molecule has 2 aromatic heterocycles. The third-order valence-corrected chi connectivity index (χ3v) is 6.60. The van der Waals surface area contributed by atoms with Gasteiger partial charge in [0.2, 0.25) is 0 Å². The van der Waals surface area contributed by atoms with Crippen LogP contribution in [0.2, 0.25) is 0 Å². The van der Waals surface area contributed by atoms with Crippen LogP contribution in [-0.4, -0.2) is 34.8 Å². The Morgan fingerprint density at radius 1 is 0.650 bits per heavy atom. The summed E-state index contributed by atoms with van der Waals surface area (Å²) in [4.78, 5) is 23.5. The topological polar surface area (TPSA) is 62.5 Å². The smallest absolute Gasteiger partial charge is 0.339 e. The van der Waals surface area contributed by atoms with E-state index in [1.807, 2.05) is 98.1 Å². The van der Waals surface area contributed by atoms with Gasteiger partial charge >= 0.3 is 11.9 Å². The lowest BCUT2D eigenvalue weighted by molar-refractivity contribution is 0.0525. The Hall–Kier alpha value is -4.84. The van der Waals surface area contributed by atoms with E-state index in [0.717, 1.165) is 39.7 Å². The first-order valence-electron chi connectivity index (χ1n) is 13.2. The zero-order valence-electron chi connectivity index (χ0n) is 23.5. The minimum atomic E-state index is -0.312. The Morgan fingerprint density at radius 3 is 1.85 bits per heavy atom. The van der Waals surface area contributed by atoms with Gasteiger partial charge in [-0.2, -0.15) is 0 Å². The van der Waals surface area contributed by atoms with Crippen LogP contribution in [-0.2, 0) is 9.47 Å². The molecule has 0 unspecified atom stereocenters. The van der Waals surface area contributed by atoms with Gasteiger partial charge in [0.25, 0.3) is 0 Å². The minimum Gasteiger partial charge on any atom is -0.465 e. The van der Waals surface area contributed by atoms with Crippen molar-refractivity contribution >= 4 is 11.9 Å². The van der Waals surface area contributed by atoms with Crippen molar-refractivity contribution in [2.75, 3.05) is 13.7 Å². The molecule has 0 atom stereocenters. The normalized spacial score (nSPS) is 10.4. The zero-order valence-corrected chi connectivity index (χ0v) is 23.5. The molecule has 0 amide bonds. The van der Waals surface area contributed by atoms with Gasteiger partial charge in [-0.1, -0.05) is 42.5 Å². The second-order valence-electron chi connectivity index (χ2n) is 9.29. The molecule has 0 N–H and O–H groups in total. The number of carbonyl (C=O) groups excluding carboxylic acids is 2. The van der Waals surface area contributed by atoms with E-state index in [-0.39, 0.29) is 11.9 Å². The molecule has 5 aromatic rings. The van der Waals surface area contributed by atoms with Gasteiger partial charge in [0, 0.05) is 22.8 Å². The van der Waals surface area contributed by atoms with Crippen LogP contribution in [0, 0.1) is 20.8 Å². The number of aryl methyl sites for hydroxylation is 3. The largest absolute Gasteiger partial charge is 0.465 e. The Labute approximate surface area is 235 Å². The molecule has 0 spiro atoms. The molecule has 0 fully saturated rings. The Morgan fingerprint density at radius 2 is 1.23 bits per heavy atom. The molecule has 6 heteroatoms. The Kier molecular flexibility index (Phi) is 9.02. The predicted molar refractivity (Wildman–Crippen MR) is 158 cm³/mol. The summed E-state index contributed by atoms with van der Waals surface area (Å²) in [6.07, 6.45) is 0. The minimum absolute atomic E-state index is 0.286. The average molecular weight is 535 g/mol. The highest BCUT2D eigenvalue weighted by Crippen LogP contribution is 2.26. The van der Waals surface area contributed by atoms with E-state index >= 15 is 0 Å². The molecule has 204 valence electrons. The van der Waals surface area contributed by atoms with Crippen LogP contribution in [0.15, 0.2) is 103 Å². The van der Waals surface area contributed by atoms with Gasteiger partial charge in [0.05, 0.1) is 36.2 Å². The monoisotopic (exact) mass is 534 g/mol. The third-order valence-electron chi connectivity index (χ3n) is 6.60. The molecule has 0 radical (unpaired) electrons. The van der Waals surface area contributed by atoms with E-state index in [1.54, 1.807) is 6.07 Å². The van der Waals surface area contributed by atoms with E-state index < -0.39 is 0 Å². The highest BCUT2D eigenvalue weighted by atomic mass is 16.5. The number of hydrogen-bond acceptors (Lipinski definition) is 4. The maximum atomic E-state index is 11.8. The van der Waals surface area contributed by atoms with Crippen LogP contribution >= 0.6 is 0 Å². The zero-order chi connectivity index (χ0) is 28.6. The van der Waals surface area contributed by atoms with Crippen LogP contribution in [0.1, 0.15) is 44.7 Å². The quantitative estimate of drug-likeness (QED) is 0.212. The molecule has 40 heavy (non-hydrogen) atoms. The fourth-order valence-electron chi connectivity index (χ4n) is 4.68. The van der Waals surface area contributed by atoms with Crippen molar-refractivity contribution in [3.63, 3.8) is 0 Å². The van der Waals surface area contributed by atoms with Crippen molar-refractivity contribution in [2.24, 2.45) is 0 Å². The van der Waals surface area contributed by atoms with Gasteiger partial charge in [0.15, 0.2) is 0 Å². The second-order valence-corrected chi connectivity index (χ2v) is 9.29. The van der Waals surface area contributed by atoms with Gasteiger partial charge in [0.1, 0.15) is 0 Å². The first-order valence-corrected chi connectivity index (χ1v) is 13.2. The summed E-state index contributed by atoms with van der Waals surface area (Å²) in [7, 11) is 1.40. The van der Waals surface area contributed by atoms with Gasteiger partial charge < -0.3 is 18.6 Å². The molecule has 2 heterocycles. The van der Waals surface area contributed by atoms with Gasteiger partial charge in [-0.15, -0.1) is 0 Å². The van der Waals surface area contributed by atoms with Crippen LogP contribution in [0.3, 0.4) is 0 Å². The van der Waals surface area contributed by atoms with Crippen molar-refractivity contribution in [1.29, 1.82) is 0 Å². The number of carbonyl (C=O) groups is 2. The SMILES string of the molecule is CCOC(=O)c1ccc(-n2c(C)ccc2-c2ccccc2)cc1.COC(=O)c1ccccc1-n1c(C)ccc1C. The summed E-state index contributed by atoms with van der Waals surface area (Å²) in [5, 5.41) is 0. The third kappa shape index (κ3) is 6.07. The van der Waals surface area contributed by atoms with Gasteiger partial charge in [-0.05, 0) is 93.9 Å². The van der Waals surface area contributed by atoms with Gasteiger partial charge in [-0.25, -0.2) is 9.59 Å². The predicted octanol–water partition coefficient (Wildman–Crippen LogP) is 7.51. The van der Waals surface area contributed by atoms with E-state index in [4.69, 9.17) is 9.47 Å². The summed E-state index contributed by atoms with van der Waals surface area (Å²) >= 11 is 0. The fraction of sp³-hybridized carbons (Fsp3) is 0.176. The maximum absolute atomic E-state index is 11.8. The molecule has 0 saturated carbocycles. The van der Waals surface area contributed by atoms with Crippen LogP contribution in [0.25, 0.3) is 22.6 Å². The number of methoxy groups -OCH3 is 1. The molecule has 0 aliphatic carbocycles. The molecule has 6 nitrogen and oxygen atoms in total. The number of ether oxygens (including phenoxy) is 2. The van der Waals surface area contributed by atoms with E-state index in [1.165, 1.54) is 7.11 Å². The number of esters is 2. The molecule has 0 bridgehead atoms. The molecular formula is C34H34N2O4. The summed E-state index contributed by atoms with van der Waals surface area (Å²) < 4.78 is 14.1. The molecular weight excluding hydrogens is 500 g/mol. The molecule has 0 aliphatic rings. The van der Waals surface area contributed by atoms with Crippen molar-refractivity contribution in [3.05, 3.63) is 131 Å². The van der Waals surface area contributed by atoms with E-state index in [9.17, 15) is 9.59 Å². The van der Waals surface area contributed by atoms with Crippen LogP contribution < -0.4 is 0 Å². The molecule has 3 aromatic carbocycles. The maximum Gasteiger partial charge on any atom is 0.339 e. The highest BCUT2D eigenvalue weighted by Gasteiger charge is 2.15. The second kappa shape index (κ2) is 12.8. The molecule has 5 rings (SSSR count). The van der Waals surface area contributed by atoms with Crippen LogP contribution in [0.5, 0.6) is 0 Å². The van der Waals surface area contributed by atoms with Gasteiger partial charge in [-0.3, -0.25) is 0 Å². The van der Waals surface area contributed by atoms with Crippen molar-refractivity contribution in [3.8, 4) is 22.6 Å². The summed E-state index contributed by atoms with van der Waals surface area (Å²) in [5.41, 5.74) is 8.67. The first-order chi connectivity index (χ1) is 19.3. The Bertz CT molecular complexity index is 1580. The van der Waals surface area contributed by atoms with E-state index in [0.29, 0.717) is 17.7 Å². The molecule has 0 saturated heterocycles. The van der Waals surface area contributed by atoms with Crippen molar-refractivity contribution in [2.45, 2.75) is 27.7 Å². The lowest BCUT2D eigenvalue weighted by Crippen LogP contribution is -2.09. The van der Waals surface area contributed by atoms with Crippen molar-refractivity contribution in [1.82, 2.24) is 9.13 Å². The number of nitrogens with zero attached hydrogens (tertiary/aromatic N) is 2. The number of hydrogen-bond donors (Lipinski definition) is 0. The lowest BCUT2D eigenvalue weighted by atomic mass is 10.1. The standard InChI is InChI=1S/C20H19NO2.C14H15NO2/c1-3-23-20(22)17-10-12-18(13-11-17)21-15(2)9-14-19(21)16-7-5-4-6-8-16;1-10-8-9-11(2)15(10)13-7-5-4-6-12(13)14(16)17-3/h4-14H,3H2,1-2H3;4-9H,1-3H3. The number of aromatic nitrogens is 2. The lowest BCUT2D eigenvalue weighted by Gasteiger charge is -2.13. The summed E-state index contributed by atoms with van der Waals surface area (Å²) in [6.45, 7) is 8.30. The number of rotatable bonds is 6. The number of para-hydroxylation sites is 1.